The molecule has 0 fully saturated rings. The standard InChI is InChI=1S/C22H19N3O3S/c1-15(24-16(2)26)8-13-20-14-23-22(29-20)28-19-11-9-18(10-12-19)21(25-27)17-6-4-3-5-7-17/h3-7,9-12,14-15,21H,1-2H3,(H,24,26). The Bertz CT molecular complexity index is 1040. The number of benzene rings is 2. The molecule has 0 radical (unpaired) electrons. The Balaban J connectivity index is 1.66. The Morgan fingerprint density at radius 2 is 1.83 bits per heavy atom. The average molecular weight is 405 g/mol. The smallest absolute Gasteiger partial charge is 0.279 e. The topological polar surface area (TPSA) is 80.7 Å². The predicted molar refractivity (Wildman–Crippen MR) is 113 cm³/mol. The number of ether oxygens (including phenoxy) is 1. The Kier molecular flexibility index (Phi) is 6.72. The lowest BCUT2D eigenvalue weighted by Crippen LogP contribution is -2.28. The molecule has 0 aliphatic heterocycles. The van der Waals surface area contributed by atoms with Crippen LogP contribution < -0.4 is 10.1 Å². The zero-order valence-electron chi connectivity index (χ0n) is 16.0. The molecular weight excluding hydrogens is 386 g/mol. The quantitative estimate of drug-likeness (QED) is 0.477. The second kappa shape index (κ2) is 9.62. The first kappa shape index (κ1) is 20.2. The van der Waals surface area contributed by atoms with Crippen molar-refractivity contribution in [2.24, 2.45) is 5.18 Å². The third-order valence-electron chi connectivity index (χ3n) is 3.94. The highest BCUT2D eigenvalue weighted by Crippen LogP contribution is 2.30. The minimum Gasteiger partial charge on any atom is -0.431 e. The molecule has 0 aliphatic rings. The fourth-order valence-electron chi connectivity index (χ4n) is 2.65. The van der Waals surface area contributed by atoms with E-state index in [2.05, 4.69) is 27.3 Å². The first-order valence-electron chi connectivity index (χ1n) is 8.95. The number of amides is 1. The number of rotatable bonds is 6. The van der Waals surface area contributed by atoms with Gasteiger partial charge in [-0.1, -0.05) is 70.8 Å². The van der Waals surface area contributed by atoms with E-state index in [1.807, 2.05) is 49.4 Å². The molecule has 1 amide bonds. The third-order valence-corrected chi connectivity index (χ3v) is 4.73. The molecule has 1 heterocycles. The first-order valence-corrected chi connectivity index (χ1v) is 9.76. The van der Waals surface area contributed by atoms with Crippen molar-refractivity contribution in [3.63, 3.8) is 0 Å². The van der Waals surface area contributed by atoms with Crippen LogP contribution in [0.4, 0.5) is 0 Å². The molecule has 2 unspecified atom stereocenters. The molecule has 1 aromatic heterocycles. The minimum absolute atomic E-state index is 0.122. The largest absolute Gasteiger partial charge is 0.431 e. The van der Waals surface area contributed by atoms with E-state index in [1.54, 1.807) is 18.3 Å². The minimum atomic E-state index is -0.558. The van der Waals surface area contributed by atoms with Crippen LogP contribution in [-0.2, 0) is 4.79 Å². The average Bonchev–Trinajstić information content (AvgIpc) is 3.16. The summed E-state index contributed by atoms with van der Waals surface area (Å²) in [4.78, 5) is 27.3. The summed E-state index contributed by atoms with van der Waals surface area (Å²) < 4.78 is 5.77. The number of nitrogens with one attached hydrogen (secondary N) is 1. The van der Waals surface area contributed by atoms with Crippen LogP contribution >= 0.6 is 11.3 Å². The van der Waals surface area contributed by atoms with Gasteiger partial charge in [-0.2, -0.15) is 0 Å². The highest BCUT2D eigenvalue weighted by Gasteiger charge is 2.14. The number of nitrogens with zero attached hydrogens (tertiary/aromatic N) is 2. The van der Waals surface area contributed by atoms with Crippen molar-refractivity contribution in [1.82, 2.24) is 10.3 Å². The van der Waals surface area contributed by atoms with Gasteiger partial charge in [0.2, 0.25) is 5.91 Å². The molecule has 3 aromatic rings. The molecule has 7 heteroatoms. The third kappa shape index (κ3) is 5.74. The molecule has 3 rings (SSSR count). The fraction of sp³-hybridized carbons (Fsp3) is 0.182. The van der Waals surface area contributed by atoms with Crippen molar-refractivity contribution in [3.8, 4) is 22.8 Å². The lowest BCUT2D eigenvalue weighted by atomic mass is 10.00. The SMILES string of the molecule is CC(=O)NC(C)C#Cc1cnc(Oc2ccc(C(N=O)c3ccccc3)cc2)s1. The number of nitroso groups, excluding NO2 is 1. The number of hydrogen-bond donors (Lipinski definition) is 1. The highest BCUT2D eigenvalue weighted by molar-refractivity contribution is 7.13. The van der Waals surface area contributed by atoms with Crippen LogP contribution in [-0.4, -0.2) is 16.9 Å². The van der Waals surface area contributed by atoms with Gasteiger partial charge in [0.15, 0.2) is 0 Å². The van der Waals surface area contributed by atoms with Crippen LogP contribution in [0.5, 0.6) is 10.9 Å². The van der Waals surface area contributed by atoms with E-state index < -0.39 is 6.04 Å². The Hall–Kier alpha value is -3.50. The van der Waals surface area contributed by atoms with E-state index in [0.29, 0.717) is 10.9 Å². The maximum absolute atomic E-state index is 11.3. The zero-order chi connectivity index (χ0) is 20.6. The number of carbonyl (C=O) groups is 1. The van der Waals surface area contributed by atoms with Gasteiger partial charge in [-0.25, -0.2) is 4.98 Å². The molecule has 0 saturated heterocycles. The molecule has 29 heavy (non-hydrogen) atoms. The van der Waals surface area contributed by atoms with E-state index in [4.69, 9.17) is 4.74 Å². The number of carbonyl (C=O) groups excluding carboxylic acids is 1. The molecule has 1 N–H and O–H groups in total. The molecule has 2 atom stereocenters. The van der Waals surface area contributed by atoms with Crippen molar-refractivity contribution >= 4 is 17.2 Å². The van der Waals surface area contributed by atoms with E-state index in [9.17, 15) is 9.70 Å². The van der Waals surface area contributed by atoms with Gasteiger partial charge in [-0.3, -0.25) is 4.79 Å². The molecule has 6 nitrogen and oxygen atoms in total. The lowest BCUT2D eigenvalue weighted by molar-refractivity contribution is -0.119. The molecule has 0 saturated carbocycles. The van der Waals surface area contributed by atoms with Crippen molar-refractivity contribution in [2.75, 3.05) is 0 Å². The Morgan fingerprint density at radius 3 is 2.48 bits per heavy atom. The molecule has 0 spiro atoms. The molecular formula is C22H19N3O3S. The summed E-state index contributed by atoms with van der Waals surface area (Å²) in [7, 11) is 0. The van der Waals surface area contributed by atoms with Crippen molar-refractivity contribution in [1.29, 1.82) is 0 Å². The maximum atomic E-state index is 11.3. The van der Waals surface area contributed by atoms with Gasteiger partial charge in [0.25, 0.3) is 5.19 Å². The van der Waals surface area contributed by atoms with Gasteiger partial charge in [-0.05, 0) is 30.2 Å². The summed E-state index contributed by atoms with van der Waals surface area (Å²) in [5.74, 6) is 6.39. The van der Waals surface area contributed by atoms with Gasteiger partial charge >= 0.3 is 0 Å². The highest BCUT2D eigenvalue weighted by atomic mass is 32.1. The van der Waals surface area contributed by atoms with Crippen molar-refractivity contribution < 1.29 is 9.53 Å². The Labute approximate surface area is 172 Å². The Morgan fingerprint density at radius 1 is 1.14 bits per heavy atom. The number of hydrogen-bond acceptors (Lipinski definition) is 6. The lowest BCUT2D eigenvalue weighted by Gasteiger charge is -2.10. The summed E-state index contributed by atoms with van der Waals surface area (Å²) in [5.41, 5.74) is 1.63. The van der Waals surface area contributed by atoms with Crippen LogP contribution in [0.2, 0.25) is 0 Å². The van der Waals surface area contributed by atoms with Gasteiger partial charge in [0, 0.05) is 6.92 Å². The van der Waals surface area contributed by atoms with Crippen LogP contribution in [0.25, 0.3) is 0 Å². The summed E-state index contributed by atoms with van der Waals surface area (Å²) in [6.45, 7) is 3.26. The summed E-state index contributed by atoms with van der Waals surface area (Å²) in [5, 5.41) is 6.42. The second-order valence-corrected chi connectivity index (χ2v) is 7.26. The normalized spacial score (nSPS) is 12.2. The van der Waals surface area contributed by atoms with Gasteiger partial charge in [-0.15, -0.1) is 4.91 Å². The first-order chi connectivity index (χ1) is 14.0. The van der Waals surface area contributed by atoms with Gasteiger partial charge in [0.1, 0.15) is 16.7 Å². The monoisotopic (exact) mass is 405 g/mol. The van der Waals surface area contributed by atoms with Crippen LogP contribution in [0, 0.1) is 16.7 Å². The summed E-state index contributed by atoms with van der Waals surface area (Å²) in [6.07, 6.45) is 1.63. The number of thiazole rings is 1. The van der Waals surface area contributed by atoms with Crippen molar-refractivity contribution in [2.45, 2.75) is 25.9 Å². The van der Waals surface area contributed by atoms with Gasteiger partial charge < -0.3 is 10.1 Å². The van der Waals surface area contributed by atoms with E-state index in [1.165, 1.54) is 18.3 Å². The van der Waals surface area contributed by atoms with Crippen LogP contribution in [0.15, 0.2) is 66.0 Å². The van der Waals surface area contributed by atoms with Crippen molar-refractivity contribution in [3.05, 3.63) is 81.7 Å². The van der Waals surface area contributed by atoms with Gasteiger partial charge in [0.05, 0.1) is 12.2 Å². The van der Waals surface area contributed by atoms with E-state index in [-0.39, 0.29) is 11.9 Å². The zero-order valence-corrected chi connectivity index (χ0v) is 16.8. The predicted octanol–water partition coefficient (Wildman–Crippen LogP) is 4.67. The van der Waals surface area contributed by atoms with Crippen LogP contribution in [0.1, 0.15) is 35.9 Å². The summed E-state index contributed by atoms with van der Waals surface area (Å²) in [6, 6.07) is 15.8. The molecule has 0 bridgehead atoms. The summed E-state index contributed by atoms with van der Waals surface area (Å²) >= 11 is 1.31. The number of aromatic nitrogens is 1. The second-order valence-electron chi connectivity index (χ2n) is 6.27. The van der Waals surface area contributed by atoms with Crippen LogP contribution in [0.3, 0.4) is 0 Å². The molecule has 2 aromatic carbocycles. The van der Waals surface area contributed by atoms with E-state index >= 15 is 0 Å². The van der Waals surface area contributed by atoms with E-state index in [0.717, 1.165) is 16.0 Å². The fourth-order valence-corrected chi connectivity index (χ4v) is 3.30. The molecule has 0 aliphatic carbocycles. The maximum Gasteiger partial charge on any atom is 0.279 e. The molecule has 146 valence electrons.